The smallest absolute Gasteiger partial charge is 0.159 e. The Morgan fingerprint density at radius 3 is 2.39 bits per heavy atom. The summed E-state index contributed by atoms with van der Waals surface area (Å²) in [6.45, 7) is 0. The summed E-state index contributed by atoms with van der Waals surface area (Å²) in [5.41, 5.74) is 7.92. The van der Waals surface area contributed by atoms with Crippen molar-refractivity contribution in [3.63, 3.8) is 0 Å². The minimum absolute atomic E-state index is 0.557. The molecule has 2 aromatic rings. The Morgan fingerprint density at radius 1 is 1.06 bits per heavy atom. The SMILES string of the molecule is NC(=Nc1ccc(Cl)cc1)SCc1ccccc1. The minimum atomic E-state index is 0.557. The van der Waals surface area contributed by atoms with Crippen molar-refractivity contribution in [3.05, 3.63) is 65.2 Å². The molecule has 0 spiro atoms. The normalized spacial score (nSPS) is 11.5. The first kappa shape index (κ1) is 13.0. The van der Waals surface area contributed by atoms with Crippen molar-refractivity contribution in [1.82, 2.24) is 0 Å². The van der Waals surface area contributed by atoms with Crippen molar-refractivity contribution in [1.29, 1.82) is 0 Å². The Balaban J connectivity index is 1.95. The van der Waals surface area contributed by atoms with Gasteiger partial charge >= 0.3 is 0 Å². The fraction of sp³-hybridized carbons (Fsp3) is 0.0714. The number of halogens is 1. The number of benzene rings is 2. The molecule has 18 heavy (non-hydrogen) atoms. The van der Waals surface area contributed by atoms with Crippen LogP contribution in [0.15, 0.2) is 59.6 Å². The molecule has 0 saturated heterocycles. The number of aliphatic imine (C=N–C) groups is 1. The van der Waals surface area contributed by atoms with Crippen molar-refractivity contribution in [3.8, 4) is 0 Å². The molecule has 4 heteroatoms. The maximum Gasteiger partial charge on any atom is 0.159 e. The molecule has 2 rings (SSSR count). The molecule has 0 bridgehead atoms. The van der Waals surface area contributed by atoms with Crippen LogP contribution in [-0.4, -0.2) is 5.17 Å². The third-order valence-corrected chi connectivity index (χ3v) is 3.41. The summed E-state index contributed by atoms with van der Waals surface area (Å²) in [5, 5.41) is 1.26. The van der Waals surface area contributed by atoms with Crippen LogP contribution < -0.4 is 5.73 Å². The molecular formula is C14H13ClN2S. The van der Waals surface area contributed by atoms with Gasteiger partial charge in [-0.1, -0.05) is 53.7 Å². The zero-order valence-electron chi connectivity index (χ0n) is 9.71. The lowest BCUT2D eigenvalue weighted by molar-refractivity contribution is 1.42. The molecule has 2 N–H and O–H groups in total. The summed E-state index contributed by atoms with van der Waals surface area (Å²) in [7, 11) is 0. The van der Waals surface area contributed by atoms with Crippen LogP contribution in [0.4, 0.5) is 5.69 Å². The van der Waals surface area contributed by atoms with Gasteiger partial charge in [0.2, 0.25) is 0 Å². The summed E-state index contributed by atoms with van der Waals surface area (Å²) in [5.74, 6) is 0.823. The molecular weight excluding hydrogens is 264 g/mol. The van der Waals surface area contributed by atoms with E-state index in [0.717, 1.165) is 11.4 Å². The van der Waals surface area contributed by atoms with Gasteiger partial charge in [0, 0.05) is 10.8 Å². The molecule has 0 aliphatic rings. The number of thioether (sulfide) groups is 1. The highest BCUT2D eigenvalue weighted by molar-refractivity contribution is 8.13. The average molecular weight is 277 g/mol. The quantitative estimate of drug-likeness (QED) is 0.673. The van der Waals surface area contributed by atoms with Gasteiger partial charge in [0.25, 0.3) is 0 Å². The van der Waals surface area contributed by atoms with Crippen molar-refractivity contribution in [2.45, 2.75) is 5.75 Å². The Labute approximate surface area is 116 Å². The number of nitrogens with two attached hydrogens (primary N) is 1. The van der Waals surface area contributed by atoms with E-state index in [1.165, 1.54) is 17.3 Å². The molecule has 0 amide bonds. The third kappa shape index (κ3) is 4.09. The average Bonchev–Trinajstić information content (AvgIpc) is 2.40. The molecule has 0 aliphatic carbocycles. The zero-order valence-corrected chi connectivity index (χ0v) is 11.3. The Kier molecular flexibility index (Phi) is 4.67. The fourth-order valence-corrected chi connectivity index (χ4v) is 2.21. The van der Waals surface area contributed by atoms with Crippen molar-refractivity contribution in [2.24, 2.45) is 10.7 Å². The van der Waals surface area contributed by atoms with Gasteiger partial charge in [0.15, 0.2) is 5.17 Å². The maximum atomic E-state index is 5.87. The van der Waals surface area contributed by atoms with E-state index in [-0.39, 0.29) is 0 Å². The van der Waals surface area contributed by atoms with Crippen LogP contribution in [0.1, 0.15) is 5.56 Å². The lowest BCUT2D eigenvalue weighted by Gasteiger charge is -2.01. The van der Waals surface area contributed by atoms with Crippen molar-refractivity contribution >= 4 is 34.2 Å². The van der Waals surface area contributed by atoms with Crippen LogP contribution >= 0.6 is 23.4 Å². The summed E-state index contributed by atoms with van der Waals surface area (Å²) < 4.78 is 0. The van der Waals surface area contributed by atoms with Crippen LogP contribution in [0.3, 0.4) is 0 Å². The van der Waals surface area contributed by atoms with Crippen LogP contribution in [-0.2, 0) is 5.75 Å². The van der Waals surface area contributed by atoms with Gasteiger partial charge in [0.1, 0.15) is 0 Å². The molecule has 0 saturated carbocycles. The third-order valence-electron chi connectivity index (χ3n) is 2.30. The summed E-state index contributed by atoms with van der Waals surface area (Å²) in [4.78, 5) is 4.31. The van der Waals surface area contributed by atoms with Gasteiger partial charge in [-0.3, -0.25) is 0 Å². The van der Waals surface area contributed by atoms with Crippen LogP contribution in [0.25, 0.3) is 0 Å². The van der Waals surface area contributed by atoms with Crippen molar-refractivity contribution in [2.75, 3.05) is 0 Å². The summed E-state index contributed by atoms with van der Waals surface area (Å²) in [6, 6.07) is 17.5. The second-order valence-corrected chi connectivity index (χ2v) is 5.13. The Bertz CT molecular complexity index is 523. The van der Waals surface area contributed by atoms with Crippen molar-refractivity contribution < 1.29 is 0 Å². The van der Waals surface area contributed by atoms with Crippen LogP contribution in [0.2, 0.25) is 5.02 Å². The topological polar surface area (TPSA) is 38.4 Å². The number of hydrogen-bond donors (Lipinski definition) is 1. The first-order chi connectivity index (χ1) is 8.74. The van der Waals surface area contributed by atoms with E-state index in [1.54, 1.807) is 12.1 Å². The lowest BCUT2D eigenvalue weighted by atomic mass is 10.2. The van der Waals surface area contributed by atoms with E-state index >= 15 is 0 Å². The molecule has 0 fully saturated rings. The molecule has 92 valence electrons. The van der Waals surface area contributed by atoms with Gasteiger partial charge < -0.3 is 5.73 Å². The van der Waals surface area contributed by atoms with E-state index in [1.807, 2.05) is 30.3 Å². The summed E-state index contributed by atoms with van der Waals surface area (Å²) in [6.07, 6.45) is 0. The van der Waals surface area contributed by atoms with E-state index in [4.69, 9.17) is 17.3 Å². The first-order valence-corrected chi connectivity index (χ1v) is 6.87. The van der Waals surface area contributed by atoms with E-state index in [2.05, 4.69) is 17.1 Å². The lowest BCUT2D eigenvalue weighted by Crippen LogP contribution is -2.05. The Hall–Kier alpha value is -1.45. The van der Waals surface area contributed by atoms with Gasteiger partial charge in [-0.2, -0.15) is 0 Å². The van der Waals surface area contributed by atoms with Gasteiger partial charge in [-0.25, -0.2) is 4.99 Å². The number of rotatable bonds is 3. The fourth-order valence-electron chi connectivity index (χ4n) is 1.41. The predicted octanol–water partition coefficient (Wildman–Crippen LogP) is 4.22. The molecule has 2 aromatic carbocycles. The maximum absolute atomic E-state index is 5.87. The first-order valence-electron chi connectivity index (χ1n) is 5.50. The van der Waals surface area contributed by atoms with Gasteiger partial charge in [-0.05, 0) is 29.8 Å². The monoisotopic (exact) mass is 276 g/mol. The van der Waals surface area contributed by atoms with Crippen LogP contribution in [0.5, 0.6) is 0 Å². The molecule has 0 unspecified atom stereocenters. The summed E-state index contributed by atoms with van der Waals surface area (Å²) >= 11 is 7.33. The minimum Gasteiger partial charge on any atom is -0.378 e. The van der Waals surface area contributed by atoms with E-state index in [9.17, 15) is 0 Å². The second-order valence-electron chi connectivity index (χ2n) is 3.70. The molecule has 0 aliphatic heterocycles. The highest BCUT2D eigenvalue weighted by Gasteiger charge is 1.97. The molecule has 2 nitrogen and oxygen atoms in total. The highest BCUT2D eigenvalue weighted by atomic mass is 35.5. The standard InChI is InChI=1S/C14H13ClN2S/c15-12-6-8-13(9-7-12)17-14(16)18-10-11-4-2-1-3-5-11/h1-9H,10H2,(H2,16,17). The number of hydrogen-bond acceptors (Lipinski definition) is 2. The van der Waals surface area contributed by atoms with Gasteiger partial charge in [-0.15, -0.1) is 0 Å². The van der Waals surface area contributed by atoms with Gasteiger partial charge in [0.05, 0.1) is 5.69 Å². The highest BCUT2D eigenvalue weighted by Crippen LogP contribution is 2.19. The van der Waals surface area contributed by atoms with E-state index in [0.29, 0.717) is 10.2 Å². The number of amidine groups is 1. The largest absolute Gasteiger partial charge is 0.378 e. The number of nitrogens with zero attached hydrogens (tertiary/aromatic N) is 1. The molecule has 0 aromatic heterocycles. The zero-order chi connectivity index (χ0) is 12.8. The molecule has 0 radical (unpaired) electrons. The Morgan fingerprint density at radius 2 is 1.72 bits per heavy atom. The molecule has 0 atom stereocenters. The van der Waals surface area contributed by atoms with E-state index < -0.39 is 0 Å². The van der Waals surface area contributed by atoms with Crippen LogP contribution in [0, 0.1) is 0 Å². The predicted molar refractivity (Wildman–Crippen MR) is 80.5 cm³/mol. The second kappa shape index (κ2) is 6.47. The molecule has 0 heterocycles.